The second-order valence-electron chi connectivity index (χ2n) is 9.01. The van der Waals surface area contributed by atoms with Crippen LogP contribution in [0.4, 0.5) is 35.9 Å². The molecule has 11 heteroatoms. The van der Waals surface area contributed by atoms with Crippen LogP contribution in [0.5, 0.6) is 0 Å². The predicted molar refractivity (Wildman–Crippen MR) is 126 cm³/mol. The third kappa shape index (κ3) is 5.77. The fraction of sp³-hybridized carbons (Fsp3) is 0.458. The number of nitrogens with zero attached hydrogens (tertiary/aromatic N) is 3. The van der Waals surface area contributed by atoms with Crippen molar-refractivity contribution < 1.29 is 28.0 Å². The number of carboxylic acid groups (broad SMARTS) is 1. The van der Waals surface area contributed by atoms with Gasteiger partial charge in [0.1, 0.15) is 5.69 Å². The number of carbonyl (C=O) groups is 1. The van der Waals surface area contributed by atoms with Crippen molar-refractivity contribution >= 4 is 28.7 Å². The van der Waals surface area contributed by atoms with Crippen molar-refractivity contribution in [3.63, 3.8) is 0 Å². The number of hydrogen-bond acceptors (Lipinski definition) is 6. The summed E-state index contributed by atoms with van der Waals surface area (Å²) in [6.45, 7) is 1.69. The summed E-state index contributed by atoms with van der Waals surface area (Å²) in [5.41, 5.74) is 0.927. The molecule has 2 aromatic rings. The average Bonchev–Trinajstić information content (AvgIpc) is 2.84. The summed E-state index contributed by atoms with van der Waals surface area (Å²) in [6.07, 6.45) is -1.83. The maximum atomic E-state index is 13.1. The third-order valence-electron chi connectivity index (χ3n) is 6.78. The molecule has 35 heavy (non-hydrogen) atoms. The lowest BCUT2D eigenvalue weighted by Crippen LogP contribution is -2.46. The molecule has 1 aliphatic heterocycles. The Morgan fingerprint density at radius 1 is 1.00 bits per heavy atom. The summed E-state index contributed by atoms with van der Waals surface area (Å²) in [5.74, 6) is -1.10. The number of carboxylic acids is 1. The van der Waals surface area contributed by atoms with E-state index in [1.807, 2.05) is 9.80 Å². The van der Waals surface area contributed by atoms with Crippen molar-refractivity contribution in [3.05, 3.63) is 58.1 Å². The molecule has 4 rings (SSSR count). The molecule has 1 heterocycles. The number of hydrogen-bond donors (Lipinski definition) is 2. The predicted octanol–water partition coefficient (Wildman–Crippen LogP) is 5.00. The molecular weight excluding hydrogens is 465 g/mol. The average molecular weight is 492 g/mol. The Balaban J connectivity index is 1.45. The molecule has 0 unspecified atom stereocenters. The van der Waals surface area contributed by atoms with Crippen LogP contribution < -0.4 is 15.1 Å². The van der Waals surface area contributed by atoms with E-state index >= 15 is 0 Å². The zero-order chi connectivity index (χ0) is 25.2. The Bertz CT molecular complexity index is 1080. The highest BCUT2D eigenvalue weighted by atomic mass is 19.4. The van der Waals surface area contributed by atoms with Crippen LogP contribution in [0.15, 0.2) is 42.5 Å². The fourth-order valence-corrected chi connectivity index (χ4v) is 4.83. The Hall–Kier alpha value is -3.50. The Labute approximate surface area is 200 Å². The van der Waals surface area contributed by atoms with Gasteiger partial charge in [0.25, 0.3) is 5.69 Å². The minimum absolute atomic E-state index is 0.0299. The van der Waals surface area contributed by atoms with Gasteiger partial charge < -0.3 is 20.2 Å². The van der Waals surface area contributed by atoms with Gasteiger partial charge in [-0.1, -0.05) is 6.07 Å². The first-order valence-electron chi connectivity index (χ1n) is 11.6. The number of halogens is 3. The Morgan fingerprint density at radius 2 is 1.66 bits per heavy atom. The molecule has 2 aliphatic rings. The van der Waals surface area contributed by atoms with Crippen LogP contribution in [-0.2, 0) is 11.0 Å². The van der Waals surface area contributed by atoms with Crippen molar-refractivity contribution in [1.82, 2.24) is 0 Å². The number of benzene rings is 2. The largest absolute Gasteiger partial charge is 0.481 e. The lowest BCUT2D eigenvalue weighted by Gasteiger charge is -2.37. The van der Waals surface area contributed by atoms with Gasteiger partial charge in [-0.15, -0.1) is 0 Å². The SMILES string of the molecule is O=C(O)C1CCC(Nc2ccc([N+](=O)[O-])c(N3CCN(c4cccc(C(F)(F)F)c4)CC3)c2)CC1. The van der Waals surface area contributed by atoms with Crippen LogP contribution >= 0.6 is 0 Å². The van der Waals surface area contributed by atoms with Crippen LogP contribution in [0.25, 0.3) is 0 Å². The number of nitro benzene ring substituents is 1. The third-order valence-corrected chi connectivity index (χ3v) is 6.78. The minimum atomic E-state index is -4.42. The van der Waals surface area contributed by atoms with Crippen molar-refractivity contribution in [2.45, 2.75) is 37.9 Å². The second kappa shape index (κ2) is 10.0. The van der Waals surface area contributed by atoms with E-state index in [2.05, 4.69) is 5.32 Å². The maximum absolute atomic E-state index is 13.1. The first-order valence-corrected chi connectivity index (χ1v) is 11.6. The number of nitro groups is 1. The van der Waals surface area contributed by atoms with Gasteiger partial charge in [-0.05, 0) is 56.0 Å². The van der Waals surface area contributed by atoms with Gasteiger partial charge in [0.15, 0.2) is 0 Å². The number of aliphatic carboxylic acids is 1. The summed E-state index contributed by atoms with van der Waals surface area (Å²) >= 11 is 0. The fourth-order valence-electron chi connectivity index (χ4n) is 4.83. The molecule has 0 bridgehead atoms. The van der Waals surface area contributed by atoms with Gasteiger partial charge in [-0.25, -0.2) is 0 Å². The van der Waals surface area contributed by atoms with Gasteiger partial charge in [0.05, 0.1) is 16.4 Å². The highest BCUT2D eigenvalue weighted by Gasteiger charge is 2.32. The molecule has 0 atom stereocenters. The van der Waals surface area contributed by atoms with E-state index in [9.17, 15) is 33.2 Å². The van der Waals surface area contributed by atoms with E-state index in [-0.39, 0.29) is 17.6 Å². The summed E-state index contributed by atoms with van der Waals surface area (Å²) in [5, 5.41) is 24.2. The van der Waals surface area contributed by atoms with Gasteiger partial charge in [-0.3, -0.25) is 14.9 Å². The number of rotatable bonds is 6. The molecule has 0 spiro atoms. The maximum Gasteiger partial charge on any atom is 0.416 e. The van der Waals surface area contributed by atoms with Crippen molar-refractivity contribution in [3.8, 4) is 0 Å². The minimum Gasteiger partial charge on any atom is -0.481 e. The first-order chi connectivity index (χ1) is 16.6. The van der Waals surface area contributed by atoms with E-state index in [0.717, 1.165) is 17.8 Å². The molecular formula is C24H27F3N4O4. The molecule has 0 aromatic heterocycles. The molecule has 1 aliphatic carbocycles. The van der Waals surface area contributed by atoms with Crippen molar-refractivity contribution in [2.75, 3.05) is 41.3 Å². The molecule has 2 N–H and O–H groups in total. The second-order valence-corrected chi connectivity index (χ2v) is 9.01. The molecule has 0 amide bonds. The van der Waals surface area contributed by atoms with Gasteiger partial charge >= 0.3 is 12.1 Å². The summed E-state index contributed by atoms with van der Waals surface area (Å²) in [6, 6.07) is 10.1. The molecule has 188 valence electrons. The highest BCUT2D eigenvalue weighted by molar-refractivity contribution is 5.71. The van der Waals surface area contributed by atoms with Crippen LogP contribution in [0.3, 0.4) is 0 Å². The zero-order valence-electron chi connectivity index (χ0n) is 19.0. The van der Waals surface area contributed by atoms with Crippen LogP contribution in [0.1, 0.15) is 31.2 Å². The number of anilines is 3. The van der Waals surface area contributed by atoms with E-state index < -0.39 is 22.6 Å². The smallest absolute Gasteiger partial charge is 0.416 e. The number of nitrogens with one attached hydrogen (secondary N) is 1. The van der Waals surface area contributed by atoms with Gasteiger partial charge in [0, 0.05) is 49.7 Å². The van der Waals surface area contributed by atoms with Crippen LogP contribution in [0.2, 0.25) is 0 Å². The number of alkyl halides is 3. The molecule has 8 nitrogen and oxygen atoms in total. The molecule has 1 saturated carbocycles. The molecule has 2 fully saturated rings. The van der Waals surface area contributed by atoms with Gasteiger partial charge in [-0.2, -0.15) is 13.2 Å². The quantitative estimate of drug-likeness (QED) is 0.433. The lowest BCUT2D eigenvalue weighted by molar-refractivity contribution is -0.384. The lowest BCUT2D eigenvalue weighted by atomic mass is 9.86. The summed E-state index contributed by atoms with van der Waals surface area (Å²) in [4.78, 5) is 26.1. The topological polar surface area (TPSA) is 98.9 Å². The van der Waals surface area contributed by atoms with Gasteiger partial charge in [0.2, 0.25) is 0 Å². The van der Waals surface area contributed by atoms with Crippen molar-refractivity contribution in [1.29, 1.82) is 0 Å². The Morgan fingerprint density at radius 3 is 2.26 bits per heavy atom. The molecule has 1 saturated heterocycles. The van der Waals surface area contributed by atoms with E-state index in [1.165, 1.54) is 12.1 Å². The van der Waals surface area contributed by atoms with E-state index in [0.29, 0.717) is 63.2 Å². The van der Waals surface area contributed by atoms with Crippen LogP contribution in [-0.4, -0.2) is 48.2 Å². The summed E-state index contributed by atoms with van der Waals surface area (Å²) in [7, 11) is 0. The molecule has 2 aromatic carbocycles. The molecule has 0 radical (unpaired) electrons. The highest BCUT2D eigenvalue weighted by Crippen LogP contribution is 2.35. The monoisotopic (exact) mass is 492 g/mol. The van der Waals surface area contributed by atoms with E-state index in [4.69, 9.17) is 0 Å². The van der Waals surface area contributed by atoms with Crippen LogP contribution in [0, 0.1) is 16.0 Å². The summed E-state index contributed by atoms with van der Waals surface area (Å²) < 4.78 is 39.2. The van der Waals surface area contributed by atoms with E-state index in [1.54, 1.807) is 18.2 Å². The Kier molecular flexibility index (Phi) is 7.04. The number of piperazine rings is 1. The first kappa shape index (κ1) is 24.6. The van der Waals surface area contributed by atoms with Crippen molar-refractivity contribution in [2.24, 2.45) is 5.92 Å². The zero-order valence-corrected chi connectivity index (χ0v) is 19.0. The standard InChI is InChI=1S/C24H27F3N4O4/c25-24(26,27)17-2-1-3-20(14-17)29-10-12-30(13-11-29)22-15-19(8-9-21(22)31(34)35)28-18-6-4-16(5-7-18)23(32)33/h1-3,8-9,14-16,18,28H,4-7,10-13H2,(H,32,33). The normalized spacial score (nSPS) is 21.0.